The van der Waals surface area contributed by atoms with Gasteiger partial charge in [-0.15, -0.1) is 6.58 Å². The van der Waals surface area contributed by atoms with Crippen LogP contribution in [0.5, 0.6) is 0 Å². The lowest BCUT2D eigenvalue weighted by Gasteiger charge is -2.14. The van der Waals surface area contributed by atoms with Gasteiger partial charge >= 0.3 is 0 Å². The van der Waals surface area contributed by atoms with Gasteiger partial charge in [0.15, 0.2) is 0 Å². The van der Waals surface area contributed by atoms with Crippen molar-refractivity contribution in [2.24, 2.45) is 0 Å². The van der Waals surface area contributed by atoms with Crippen molar-refractivity contribution in [1.29, 1.82) is 0 Å². The second-order valence-electron chi connectivity index (χ2n) is 7.16. The van der Waals surface area contributed by atoms with E-state index in [0.29, 0.717) is 35.6 Å². The topological polar surface area (TPSA) is 99.3 Å². The summed E-state index contributed by atoms with van der Waals surface area (Å²) in [5.41, 5.74) is 2.71. The molecule has 0 aliphatic rings. The molecule has 0 fully saturated rings. The Labute approximate surface area is 192 Å². The summed E-state index contributed by atoms with van der Waals surface area (Å²) in [4.78, 5) is 37.6. The van der Waals surface area contributed by atoms with Crippen molar-refractivity contribution in [3.05, 3.63) is 108 Å². The molecule has 7 heteroatoms. The molecule has 0 atom stereocenters. The number of carbonyl (C=O) groups is 3. The van der Waals surface area contributed by atoms with Gasteiger partial charge in [-0.2, -0.15) is 0 Å². The molecule has 0 saturated carbocycles. The first-order chi connectivity index (χ1) is 16.1. The molecule has 3 aromatic rings. The summed E-state index contributed by atoms with van der Waals surface area (Å²) in [6.45, 7) is 4.23. The van der Waals surface area contributed by atoms with Crippen molar-refractivity contribution < 1.29 is 14.4 Å². The van der Waals surface area contributed by atoms with Crippen LogP contribution in [0.25, 0.3) is 0 Å². The number of carbonyl (C=O) groups excluding carboxylic acids is 3. The lowest BCUT2D eigenvalue weighted by Crippen LogP contribution is -2.28. The van der Waals surface area contributed by atoms with Crippen LogP contribution in [0.2, 0.25) is 0 Å². The van der Waals surface area contributed by atoms with E-state index < -0.39 is 0 Å². The molecular weight excluding hydrogens is 416 g/mol. The van der Waals surface area contributed by atoms with Crippen molar-refractivity contribution in [3.63, 3.8) is 0 Å². The van der Waals surface area contributed by atoms with E-state index in [-0.39, 0.29) is 24.3 Å². The second kappa shape index (κ2) is 11.9. The lowest BCUT2D eigenvalue weighted by molar-refractivity contribution is -0.114. The van der Waals surface area contributed by atoms with Gasteiger partial charge in [0.1, 0.15) is 0 Å². The van der Waals surface area contributed by atoms with Crippen LogP contribution >= 0.6 is 0 Å². The van der Waals surface area contributed by atoms with Gasteiger partial charge in [-0.1, -0.05) is 60.7 Å². The molecule has 0 unspecified atom stereocenters. The number of hydrogen-bond acceptors (Lipinski definition) is 4. The summed E-state index contributed by atoms with van der Waals surface area (Å²) in [5, 5.41) is 11.3. The van der Waals surface area contributed by atoms with Gasteiger partial charge in [-0.05, 0) is 29.8 Å². The summed E-state index contributed by atoms with van der Waals surface area (Å²) in [6.07, 6.45) is 1.59. The maximum Gasteiger partial charge on any atom is 0.253 e. The van der Waals surface area contributed by atoms with Gasteiger partial charge in [0.2, 0.25) is 5.91 Å². The zero-order valence-electron chi connectivity index (χ0n) is 18.1. The van der Waals surface area contributed by atoms with Gasteiger partial charge < -0.3 is 21.3 Å². The Hall–Kier alpha value is -4.39. The number of rotatable bonds is 10. The van der Waals surface area contributed by atoms with E-state index in [9.17, 15) is 14.4 Å². The first-order valence-corrected chi connectivity index (χ1v) is 10.5. The van der Waals surface area contributed by atoms with Gasteiger partial charge in [0.05, 0.1) is 23.4 Å². The summed E-state index contributed by atoms with van der Waals surface area (Å²) in [6, 6.07) is 23.3. The molecule has 3 rings (SSSR count). The Morgan fingerprint density at radius 3 is 2.00 bits per heavy atom. The third kappa shape index (κ3) is 6.80. The average Bonchev–Trinajstić information content (AvgIpc) is 2.85. The first kappa shape index (κ1) is 23.3. The number of anilines is 2. The number of benzene rings is 3. The van der Waals surface area contributed by atoms with Crippen molar-refractivity contribution in [2.45, 2.75) is 6.54 Å². The average molecular weight is 443 g/mol. The highest BCUT2D eigenvalue weighted by molar-refractivity contribution is 6.05. The summed E-state index contributed by atoms with van der Waals surface area (Å²) >= 11 is 0. The minimum atomic E-state index is -0.348. The third-order valence-corrected chi connectivity index (χ3v) is 4.76. The Bertz CT molecular complexity index is 1130. The van der Waals surface area contributed by atoms with E-state index in [1.165, 1.54) is 0 Å². The molecule has 0 spiro atoms. The second-order valence-corrected chi connectivity index (χ2v) is 7.16. The molecule has 0 aromatic heterocycles. The molecule has 168 valence electrons. The fraction of sp³-hybridized carbons (Fsp3) is 0.115. The lowest BCUT2D eigenvalue weighted by atomic mass is 10.1. The van der Waals surface area contributed by atoms with Crippen molar-refractivity contribution >= 4 is 29.1 Å². The fourth-order valence-corrected chi connectivity index (χ4v) is 3.13. The van der Waals surface area contributed by atoms with E-state index in [4.69, 9.17) is 0 Å². The van der Waals surface area contributed by atoms with Crippen LogP contribution in [0.3, 0.4) is 0 Å². The van der Waals surface area contributed by atoms with Crippen molar-refractivity contribution in [3.8, 4) is 0 Å². The fourth-order valence-electron chi connectivity index (χ4n) is 3.13. The number of nitrogens with one attached hydrogen (secondary N) is 4. The summed E-state index contributed by atoms with van der Waals surface area (Å²) < 4.78 is 0. The van der Waals surface area contributed by atoms with Crippen LogP contribution in [0.4, 0.5) is 11.4 Å². The molecule has 33 heavy (non-hydrogen) atoms. The molecule has 0 saturated heterocycles. The largest absolute Gasteiger partial charge is 0.376 e. The normalized spacial score (nSPS) is 10.1. The summed E-state index contributed by atoms with van der Waals surface area (Å²) in [5.74, 6) is -0.898. The van der Waals surface area contributed by atoms with Crippen LogP contribution in [0, 0.1) is 0 Å². The van der Waals surface area contributed by atoms with E-state index in [2.05, 4.69) is 27.8 Å². The molecule has 3 aromatic carbocycles. The summed E-state index contributed by atoms with van der Waals surface area (Å²) in [7, 11) is 0. The Balaban J connectivity index is 1.61. The van der Waals surface area contributed by atoms with Crippen molar-refractivity contribution in [2.75, 3.05) is 23.7 Å². The highest BCUT2D eigenvalue weighted by Crippen LogP contribution is 2.17. The van der Waals surface area contributed by atoms with E-state index in [0.717, 1.165) is 5.56 Å². The minimum absolute atomic E-state index is 0.0777. The molecule has 3 amide bonds. The molecule has 0 aliphatic heterocycles. The number of para-hydroxylation sites is 2. The van der Waals surface area contributed by atoms with Gasteiger partial charge in [-0.25, -0.2) is 0 Å². The maximum atomic E-state index is 12.7. The van der Waals surface area contributed by atoms with Crippen LogP contribution < -0.4 is 21.3 Å². The van der Waals surface area contributed by atoms with Crippen LogP contribution in [-0.2, 0) is 11.3 Å². The molecule has 0 heterocycles. The van der Waals surface area contributed by atoms with Gasteiger partial charge in [-0.3, -0.25) is 14.4 Å². The Kier molecular flexibility index (Phi) is 8.36. The van der Waals surface area contributed by atoms with Crippen LogP contribution in [0.1, 0.15) is 26.3 Å². The standard InChI is InChI=1S/C26H26N4O3/c1-2-16-27-25(32)20-12-6-8-14-22(20)28-18-24(31)30-23-15-9-7-13-21(23)26(33)29-17-19-10-4-3-5-11-19/h2-15,28H,1,16-18H2,(H,27,32)(H,29,33)(H,30,31). The van der Waals surface area contributed by atoms with E-state index >= 15 is 0 Å². The molecular formula is C26H26N4O3. The highest BCUT2D eigenvalue weighted by Gasteiger charge is 2.14. The first-order valence-electron chi connectivity index (χ1n) is 10.5. The van der Waals surface area contributed by atoms with E-state index in [1.54, 1.807) is 54.6 Å². The minimum Gasteiger partial charge on any atom is -0.376 e. The monoisotopic (exact) mass is 442 g/mol. The van der Waals surface area contributed by atoms with Gasteiger partial charge in [0.25, 0.3) is 11.8 Å². The van der Waals surface area contributed by atoms with Crippen LogP contribution in [-0.4, -0.2) is 30.8 Å². The highest BCUT2D eigenvalue weighted by atomic mass is 16.2. The molecule has 4 N–H and O–H groups in total. The molecule has 0 radical (unpaired) electrons. The predicted molar refractivity (Wildman–Crippen MR) is 130 cm³/mol. The zero-order chi connectivity index (χ0) is 23.5. The molecule has 0 bridgehead atoms. The van der Waals surface area contributed by atoms with Crippen molar-refractivity contribution in [1.82, 2.24) is 10.6 Å². The van der Waals surface area contributed by atoms with E-state index in [1.807, 2.05) is 30.3 Å². The molecule has 0 aliphatic carbocycles. The number of amides is 3. The Morgan fingerprint density at radius 1 is 0.727 bits per heavy atom. The zero-order valence-corrected chi connectivity index (χ0v) is 18.1. The Morgan fingerprint density at radius 2 is 1.30 bits per heavy atom. The smallest absolute Gasteiger partial charge is 0.253 e. The SMILES string of the molecule is C=CCNC(=O)c1ccccc1NCC(=O)Nc1ccccc1C(=O)NCc1ccccc1. The molecule has 7 nitrogen and oxygen atoms in total. The number of hydrogen-bond donors (Lipinski definition) is 4. The predicted octanol–water partition coefficient (Wildman–Crippen LogP) is 3.58. The van der Waals surface area contributed by atoms with Gasteiger partial charge in [0, 0.05) is 18.8 Å². The quantitative estimate of drug-likeness (QED) is 0.361. The maximum absolute atomic E-state index is 12.7. The third-order valence-electron chi connectivity index (χ3n) is 4.76. The van der Waals surface area contributed by atoms with Crippen LogP contribution in [0.15, 0.2) is 91.5 Å².